The van der Waals surface area contributed by atoms with Crippen LogP contribution < -0.4 is 4.72 Å². The third-order valence-corrected chi connectivity index (χ3v) is 6.58. The lowest BCUT2D eigenvalue weighted by atomic mass is 9.90. The van der Waals surface area contributed by atoms with E-state index in [0.29, 0.717) is 5.69 Å². The minimum Gasteiger partial charge on any atom is -0.284 e. The topological polar surface area (TPSA) is 46.2 Å². The van der Waals surface area contributed by atoms with Crippen molar-refractivity contribution in [2.24, 2.45) is 0 Å². The summed E-state index contributed by atoms with van der Waals surface area (Å²) in [6.07, 6.45) is 5.29. The molecule has 0 heterocycles. The van der Waals surface area contributed by atoms with Crippen LogP contribution in [-0.4, -0.2) is 14.7 Å². The van der Waals surface area contributed by atoms with E-state index in [2.05, 4.69) is 77.5 Å². The molecule has 0 bridgehead atoms. The van der Waals surface area contributed by atoms with Gasteiger partial charge in [-0.15, -0.1) is 0 Å². The van der Waals surface area contributed by atoms with Gasteiger partial charge in [0.1, 0.15) is 0 Å². The second-order valence-electron chi connectivity index (χ2n) is 8.45. The van der Waals surface area contributed by atoms with Gasteiger partial charge in [0.2, 0.25) is 10.0 Å². The normalized spacial score (nSPS) is 14.3. The fraction of sp³-hybridized carbons (Fsp3) is 0.103. The van der Waals surface area contributed by atoms with Crippen LogP contribution in [0.5, 0.6) is 0 Å². The first-order valence-electron chi connectivity index (χ1n) is 11.0. The van der Waals surface area contributed by atoms with Gasteiger partial charge in [0, 0.05) is 5.69 Å². The van der Waals surface area contributed by atoms with Crippen LogP contribution in [0.15, 0.2) is 97.1 Å². The Labute approximate surface area is 195 Å². The average Bonchev–Trinajstić information content (AvgIpc) is 2.96. The van der Waals surface area contributed by atoms with Crippen molar-refractivity contribution in [3.05, 3.63) is 125 Å². The Morgan fingerprint density at radius 2 is 1.42 bits per heavy atom. The quantitative estimate of drug-likeness (QED) is 0.390. The highest BCUT2D eigenvalue weighted by Gasteiger charge is 2.18. The Bertz CT molecular complexity index is 1450. The minimum atomic E-state index is -3.33. The largest absolute Gasteiger partial charge is 0.284 e. The lowest BCUT2D eigenvalue weighted by molar-refractivity contribution is 0.607. The Kier molecular flexibility index (Phi) is 5.61. The highest BCUT2D eigenvalue weighted by molar-refractivity contribution is 7.92. The monoisotopic (exact) mass is 451 g/mol. The smallest absolute Gasteiger partial charge is 0.229 e. The molecule has 1 aliphatic carbocycles. The maximum absolute atomic E-state index is 11.7. The molecule has 4 aromatic carbocycles. The van der Waals surface area contributed by atoms with Crippen LogP contribution in [0.1, 0.15) is 27.8 Å². The number of aryl methyl sites for hydroxylation is 2. The Morgan fingerprint density at radius 3 is 2.24 bits per heavy atom. The van der Waals surface area contributed by atoms with Gasteiger partial charge in [-0.1, -0.05) is 84.9 Å². The van der Waals surface area contributed by atoms with Gasteiger partial charge < -0.3 is 0 Å². The summed E-state index contributed by atoms with van der Waals surface area (Å²) in [6.45, 7) is 0. The molecule has 0 spiro atoms. The number of rotatable bonds is 4. The summed E-state index contributed by atoms with van der Waals surface area (Å²) in [5.74, 6) is 0. The first kappa shape index (κ1) is 21.2. The van der Waals surface area contributed by atoms with Crippen molar-refractivity contribution in [1.29, 1.82) is 0 Å². The highest BCUT2D eigenvalue weighted by atomic mass is 32.2. The number of hydrogen-bond acceptors (Lipinski definition) is 2. The van der Waals surface area contributed by atoms with Crippen molar-refractivity contribution < 1.29 is 8.42 Å². The second kappa shape index (κ2) is 8.72. The lowest BCUT2D eigenvalue weighted by Gasteiger charge is -2.14. The van der Waals surface area contributed by atoms with E-state index < -0.39 is 10.0 Å². The van der Waals surface area contributed by atoms with Crippen LogP contribution in [0.3, 0.4) is 0 Å². The molecule has 0 aromatic heterocycles. The number of benzene rings is 4. The summed E-state index contributed by atoms with van der Waals surface area (Å²) in [5, 5.41) is 0. The van der Waals surface area contributed by atoms with Crippen molar-refractivity contribution in [2.75, 3.05) is 11.0 Å². The summed E-state index contributed by atoms with van der Waals surface area (Å²) >= 11 is 0. The molecule has 164 valence electrons. The van der Waals surface area contributed by atoms with E-state index in [1.807, 2.05) is 24.3 Å². The highest BCUT2D eigenvalue weighted by Crippen LogP contribution is 2.37. The van der Waals surface area contributed by atoms with Crippen LogP contribution in [0.2, 0.25) is 0 Å². The van der Waals surface area contributed by atoms with Crippen LogP contribution in [0, 0.1) is 0 Å². The lowest BCUT2D eigenvalue weighted by Crippen LogP contribution is -2.09. The molecule has 0 unspecified atom stereocenters. The van der Waals surface area contributed by atoms with Crippen LogP contribution in [0.4, 0.5) is 5.69 Å². The van der Waals surface area contributed by atoms with E-state index in [1.165, 1.54) is 39.6 Å². The Balaban J connectivity index is 1.65. The van der Waals surface area contributed by atoms with E-state index in [0.717, 1.165) is 24.0 Å². The van der Waals surface area contributed by atoms with Crippen LogP contribution in [0.25, 0.3) is 22.8 Å². The van der Waals surface area contributed by atoms with Gasteiger partial charge in [-0.25, -0.2) is 8.42 Å². The molecule has 1 aliphatic rings. The molecular weight excluding hydrogens is 426 g/mol. The zero-order chi connectivity index (χ0) is 22.8. The maximum Gasteiger partial charge on any atom is 0.229 e. The third kappa shape index (κ3) is 4.76. The second-order valence-corrected chi connectivity index (χ2v) is 10.2. The van der Waals surface area contributed by atoms with Crippen molar-refractivity contribution in [3.63, 3.8) is 0 Å². The minimum absolute atomic E-state index is 0.563. The summed E-state index contributed by atoms with van der Waals surface area (Å²) in [5.41, 5.74) is 10.2. The summed E-state index contributed by atoms with van der Waals surface area (Å²) in [6, 6.07) is 33.3. The van der Waals surface area contributed by atoms with Crippen LogP contribution >= 0.6 is 0 Å². The molecule has 33 heavy (non-hydrogen) atoms. The van der Waals surface area contributed by atoms with Crippen molar-refractivity contribution in [2.45, 2.75) is 12.8 Å². The summed E-state index contributed by atoms with van der Waals surface area (Å²) in [4.78, 5) is 0. The van der Waals surface area contributed by atoms with E-state index in [4.69, 9.17) is 0 Å². The fourth-order valence-corrected chi connectivity index (χ4v) is 5.07. The van der Waals surface area contributed by atoms with Gasteiger partial charge in [-0.2, -0.15) is 0 Å². The predicted octanol–water partition coefficient (Wildman–Crippen LogP) is 6.41. The molecule has 0 amide bonds. The molecule has 4 heteroatoms. The van der Waals surface area contributed by atoms with E-state index in [9.17, 15) is 8.42 Å². The van der Waals surface area contributed by atoms with Crippen molar-refractivity contribution >= 4 is 27.4 Å². The van der Waals surface area contributed by atoms with Gasteiger partial charge in [-0.3, -0.25) is 4.72 Å². The fourth-order valence-electron chi connectivity index (χ4n) is 4.52. The summed E-state index contributed by atoms with van der Waals surface area (Å²) < 4.78 is 26.0. The number of sulfonamides is 1. The van der Waals surface area contributed by atoms with E-state index in [1.54, 1.807) is 6.07 Å². The zero-order valence-corrected chi connectivity index (χ0v) is 19.3. The Hall–Kier alpha value is -3.63. The van der Waals surface area contributed by atoms with E-state index in [-0.39, 0.29) is 0 Å². The maximum atomic E-state index is 11.7. The molecule has 1 N–H and O–H groups in total. The van der Waals surface area contributed by atoms with Crippen molar-refractivity contribution in [1.82, 2.24) is 0 Å². The van der Waals surface area contributed by atoms with Crippen LogP contribution in [-0.2, 0) is 22.9 Å². The standard InChI is InChI=1S/C29H25NO2S/c1-33(31,32)30-26-12-7-8-21(18-26)19-29-27-13-6-5-11-23(27)14-15-25-20-24(16-17-28(25)29)22-9-3-2-4-10-22/h2-13,16-20,30H,14-15H2,1H3/b29-19-. The zero-order valence-electron chi connectivity index (χ0n) is 18.5. The number of fused-ring (bicyclic) bond motifs is 2. The average molecular weight is 452 g/mol. The van der Waals surface area contributed by atoms with Gasteiger partial charge in [0.05, 0.1) is 6.26 Å². The molecule has 0 aliphatic heterocycles. The number of hydrogen-bond donors (Lipinski definition) is 1. The predicted molar refractivity (Wildman–Crippen MR) is 138 cm³/mol. The molecule has 0 saturated heterocycles. The number of anilines is 1. The summed E-state index contributed by atoms with van der Waals surface area (Å²) in [7, 11) is -3.33. The molecular formula is C29H25NO2S. The molecule has 5 rings (SSSR count). The first-order chi connectivity index (χ1) is 16.0. The molecule has 4 aromatic rings. The van der Waals surface area contributed by atoms with E-state index >= 15 is 0 Å². The Morgan fingerprint density at radius 1 is 0.697 bits per heavy atom. The molecule has 3 nitrogen and oxygen atoms in total. The molecule has 0 atom stereocenters. The molecule has 0 fully saturated rings. The third-order valence-electron chi connectivity index (χ3n) is 5.97. The SMILES string of the molecule is CS(=O)(=O)Nc1cccc(/C=C2/c3ccccc3CCc3cc(-c4ccccc4)ccc32)c1. The first-order valence-corrected chi connectivity index (χ1v) is 12.9. The van der Waals surface area contributed by atoms with Gasteiger partial charge >= 0.3 is 0 Å². The van der Waals surface area contributed by atoms with Crippen molar-refractivity contribution in [3.8, 4) is 11.1 Å². The molecule has 0 radical (unpaired) electrons. The van der Waals surface area contributed by atoms with Gasteiger partial charge in [-0.05, 0) is 75.6 Å². The molecule has 0 saturated carbocycles. The number of nitrogens with one attached hydrogen (secondary N) is 1. The van der Waals surface area contributed by atoms with Gasteiger partial charge in [0.15, 0.2) is 0 Å². The van der Waals surface area contributed by atoms with Gasteiger partial charge in [0.25, 0.3) is 0 Å².